The molecule has 8 heteroatoms. The molecule has 1 unspecified atom stereocenters. The molecule has 0 aliphatic carbocycles. The summed E-state index contributed by atoms with van der Waals surface area (Å²) >= 11 is 0. The van der Waals surface area contributed by atoms with Gasteiger partial charge in [-0.3, -0.25) is 4.99 Å². The van der Waals surface area contributed by atoms with E-state index in [2.05, 4.69) is 10.3 Å². The standard InChI is InChI=1S/C16H14F5N3/c1-9-2-3-23-15(16(19,20)21)24(9)11-5-13(17)12(14(18)6-11)4-10-7-22-8-10/h2-6,15,22H,7-8H2,1H3. The van der Waals surface area contributed by atoms with E-state index in [1.807, 2.05) is 0 Å². The van der Waals surface area contributed by atoms with Crippen LogP contribution in [0.4, 0.5) is 27.6 Å². The highest BCUT2D eigenvalue weighted by Gasteiger charge is 2.45. The van der Waals surface area contributed by atoms with Gasteiger partial charge in [-0.05, 0) is 36.8 Å². The Hall–Kier alpha value is -2.22. The highest BCUT2D eigenvalue weighted by atomic mass is 19.4. The number of aliphatic imine (C=N–C) groups is 1. The van der Waals surface area contributed by atoms with Crippen LogP contribution in [-0.2, 0) is 0 Å². The van der Waals surface area contributed by atoms with Gasteiger partial charge in [0.05, 0.1) is 0 Å². The van der Waals surface area contributed by atoms with Gasteiger partial charge in [-0.25, -0.2) is 8.78 Å². The number of nitrogens with zero attached hydrogens (tertiary/aromatic N) is 2. The van der Waals surface area contributed by atoms with Gasteiger partial charge in [-0.15, -0.1) is 0 Å². The summed E-state index contributed by atoms with van der Waals surface area (Å²) in [6, 6.07) is 1.80. The van der Waals surface area contributed by atoms with Crippen molar-refractivity contribution < 1.29 is 22.0 Å². The number of hydrogen-bond donors (Lipinski definition) is 1. The van der Waals surface area contributed by atoms with E-state index < -0.39 is 24.0 Å². The summed E-state index contributed by atoms with van der Waals surface area (Å²) in [6.45, 7) is 2.51. The molecule has 0 amide bonds. The Morgan fingerprint density at radius 2 is 1.83 bits per heavy atom. The van der Waals surface area contributed by atoms with Crippen LogP contribution in [0.2, 0.25) is 0 Å². The molecule has 128 valence electrons. The van der Waals surface area contributed by atoms with Crippen molar-refractivity contribution in [1.29, 1.82) is 0 Å². The third-order valence-corrected chi connectivity index (χ3v) is 3.85. The van der Waals surface area contributed by atoms with E-state index >= 15 is 0 Å². The maximum atomic E-state index is 14.3. The predicted molar refractivity (Wildman–Crippen MR) is 81.8 cm³/mol. The molecule has 2 aliphatic rings. The van der Waals surface area contributed by atoms with Crippen LogP contribution >= 0.6 is 0 Å². The van der Waals surface area contributed by atoms with Gasteiger partial charge in [0.1, 0.15) is 11.6 Å². The average Bonchev–Trinajstić information content (AvgIpc) is 2.43. The van der Waals surface area contributed by atoms with Crippen molar-refractivity contribution in [3.8, 4) is 0 Å². The molecule has 1 fully saturated rings. The molecule has 2 heterocycles. The Balaban J connectivity index is 2.02. The molecule has 3 rings (SSSR count). The average molecular weight is 343 g/mol. The first-order valence-corrected chi connectivity index (χ1v) is 7.22. The molecule has 1 saturated heterocycles. The molecule has 0 spiro atoms. The summed E-state index contributed by atoms with van der Waals surface area (Å²) in [7, 11) is 0. The number of anilines is 1. The molecule has 24 heavy (non-hydrogen) atoms. The zero-order valence-electron chi connectivity index (χ0n) is 12.7. The highest BCUT2D eigenvalue weighted by Crippen LogP contribution is 2.35. The lowest BCUT2D eigenvalue weighted by molar-refractivity contribution is -0.145. The van der Waals surface area contributed by atoms with Gasteiger partial charge in [-0.1, -0.05) is 0 Å². The first-order chi connectivity index (χ1) is 11.3. The number of halogens is 5. The van der Waals surface area contributed by atoms with Crippen LogP contribution in [-0.4, -0.2) is 31.6 Å². The van der Waals surface area contributed by atoms with Crippen molar-refractivity contribution in [2.24, 2.45) is 4.99 Å². The number of allylic oxidation sites excluding steroid dienone is 2. The molecular weight excluding hydrogens is 329 g/mol. The summed E-state index contributed by atoms with van der Waals surface area (Å²) in [5, 5.41) is 2.94. The molecule has 0 aromatic heterocycles. The van der Waals surface area contributed by atoms with E-state index in [0.29, 0.717) is 13.1 Å². The molecule has 2 aliphatic heterocycles. The second-order valence-electron chi connectivity index (χ2n) is 5.62. The van der Waals surface area contributed by atoms with E-state index in [9.17, 15) is 22.0 Å². The van der Waals surface area contributed by atoms with Crippen molar-refractivity contribution >= 4 is 18.0 Å². The molecule has 1 aromatic carbocycles. The Morgan fingerprint density at radius 1 is 1.21 bits per heavy atom. The molecule has 1 N–H and O–H groups in total. The minimum atomic E-state index is -4.67. The molecule has 0 bridgehead atoms. The lowest BCUT2D eigenvalue weighted by Gasteiger charge is -2.34. The molecule has 1 atom stereocenters. The topological polar surface area (TPSA) is 27.6 Å². The summed E-state index contributed by atoms with van der Waals surface area (Å²) in [6.07, 6.45) is -3.10. The van der Waals surface area contributed by atoms with Crippen molar-refractivity contribution in [2.75, 3.05) is 18.0 Å². The Bertz CT molecular complexity index is 720. The normalized spacial score (nSPS) is 20.8. The Morgan fingerprint density at radius 3 is 2.33 bits per heavy atom. The number of hydrogen-bond acceptors (Lipinski definition) is 3. The van der Waals surface area contributed by atoms with Crippen LogP contribution in [0.25, 0.3) is 6.08 Å². The van der Waals surface area contributed by atoms with E-state index in [1.165, 1.54) is 19.1 Å². The monoisotopic (exact) mass is 343 g/mol. The molecule has 0 saturated carbocycles. The summed E-state index contributed by atoms with van der Waals surface area (Å²) < 4.78 is 68.0. The van der Waals surface area contributed by atoms with E-state index in [-0.39, 0.29) is 16.9 Å². The first kappa shape index (κ1) is 16.6. The maximum absolute atomic E-state index is 14.3. The van der Waals surface area contributed by atoms with Crippen molar-refractivity contribution in [1.82, 2.24) is 5.32 Å². The first-order valence-electron chi connectivity index (χ1n) is 7.22. The van der Waals surface area contributed by atoms with Gasteiger partial charge >= 0.3 is 6.18 Å². The number of nitrogens with one attached hydrogen (secondary N) is 1. The highest BCUT2D eigenvalue weighted by molar-refractivity contribution is 5.77. The molecule has 1 aromatic rings. The molecule has 3 nitrogen and oxygen atoms in total. The fourth-order valence-electron chi connectivity index (χ4n) is 2.57. The fraction of sp³-hybridized carbons (Fsp3) is 0.312. The van der Waals surface area contributed by atoms with Gasteiger partial charge in [0, 0.05) is 36.3 Å². The summed E-state index contributed by atoms with van der Waals surface area (Å²) in [5.74, 6) is -1.82. The van der Waals surface area contributed by atoms with Crippen LogP contribution in [0, 0.1) is 11.6 Å². The minimum absolute atomic E-state index is 0.195. The maximum Gasteiger partial charge on any atom is 0.429 e. The predicted octanol–water partition coefficient (Wildman–Crippen LogP) is 3.63. The summed E-state index contributed by atoms with van der Waals surface area (Å²) in [4.78, 5) is 4.17. The Labute approximate surface area is 135 Å². The van der Waals surface area contributed by atoms with Gasteiger partial charge in [0.2, 0.25) is 6.17 Å². The third-order valence-electron chi connectivity index (χ3n) is 3.85. The van der Waals surface area contributed by atoms with Crippen LogP contribution < -0.4 is 10.2 Å². The van der Waals surface area contributed by atoms with Gasteiger partial charge in [0.15, 0.2) is 0 Å². The van der Waals surface area contributed by atoms with Gasteiger partial charge in [-0.2, -0.15) is 13.2 Å². The second kappa shape index (κ2) is 6.01. The van der Waals surface area contributed by atoms with E-state index in [0.717, 1.165) is 28.8 Å². The van der Waals surface area contributed by atoms with E-state index in [1.54, 1.807) is 0 Å². The third kappa shape index (κ3) is 3.06. The minimum Gasteiger partial charge on any atom is -0.315 e. The zero-order valence-corrected chi connectivity index (χ0v) is 12.7. The van der Waals surface area contributed by atoms with Crippen LogP contribution in [0.15, 0.2) is 34.5 Å². The number of alkyl halides is 3. The van der Waals surface area contributed by atoms with Gasteiger partial charge < -0.3 is 10.2 Å². The lowest BCUT2D eigenvalue weighted by Crippen LogP contribution is -2.45. The zero-order chi connectivity index (χ0) is 17.5. The van der Waals surface area contributed by atoms with Crippen molar-refractivity contribution in [2.45, 2.75) is 19.3 Å². The summed E-state index contributed by atoms with van der Waals surface area (Å²) in [5.41, 5.74) is 0.542. The van der Waals surface area contributed by atoms with Crippen LogP contribution in [0.5, 0.6) is 0 Å². The largest absolute Gasteiger partial charge is 0.429 e. The second-order valence-corrected chi connectivity index (χ2v) is 5.62. The van der Waals surface area contributed by atoms with Crippen molar-refractivity contribution in [3.63, 3.8) is 0 Å². The number of rotatable bonds is 2. The lowest BCUT2D eigenvalue weighted by atomic mass is 10.0. The fourth-order valence-corrected chi connectivity index (χ4v) is 2.57. The smallest absolute Gasteiger partial charge is 0.315 e. The van der Waals surface area contributed by atoms with E-state index in [4.69, 9.17) is 0 Å². The van der Waals surface area contributed by atoms with Crippen LogP contribution in [0.1, 0.15) is 12.5 Å². The SMILES string of the molecule is CC1=CC=NC(C(F)(F)F)N1c1cc(F)c(C=C2CNC2)c(F)c1. The van der Waals surface area contributed by atoms with Crippen molar-refractivity contribution in [3.05, 3.63) is 46.7 Å². The quantitative estimate of drug-likeness (QED) is 0.831. The Kier molecular flexibility index (Phi) is 4.16. The number of benzene rings is 1. The molecule has 0 radical (unpaired) electrons. The van der Waals surface area contributed by atoms with Crippen LogP contribution in [0.3, 0.4) is 0 Å². The van der Waals surface area contributed by atoms with Gasteiger partial charge in [0.25, 0.3) is 0 Å². The molecular formula is C16H14F5N3.